The highest BCUT2D eigenvalue weighted by Crippen LogP contribution is 2.36. The van der Waals surface area contributed by atoms with Crippen LogP contribution in [0.25, 0.3) is 0 Å². The molecule has 0 unspecified atom stereocenters. The fourth-order valence-electron chi connectivity index (χ4n) is 3.74. The normalized spacial score (nSPS) is 15.1. The molecule has 31 heavy (non-hydrogen) atoms. The number of carbonyl (C=O) groups is 1. The highest BCUT2D eigenvalue weighted by atomic mass is 19.1. The van der Waals surface area contributed by atoms with E-state index in [1.54, 1.807) is 48.5 Å². The van der Waals surface area contributed by atoms with E-state index in [1.165, 1.54) is 12.1 Å². The molecule has 0 spiro atoms. The van der Waals surface area contributed by atoms with Crippen molar-refractivity contribution >= 4 is 11.6 Å². The fourth-order valence-corrected chi connectivity index (χ4v) is 3.74. The van der Waals surface area contributed by atoms with E-state index in [9.17, 15) is 9.18 Å². The number of hydrogen-bond acceptors (Lipinski definition) is 5. The summed E-state index contributed by atoms with van der Waals surface area (Å²) in [6, 6.07) is 19.0. The van der Waals surface area contributed by atoms with Gasteiger partial charge in [-0.15, -0.1) is 0 Å². The Morgan fingerprint density at radius 3 is 2.23 bits per heavy atom. The van der Waals surface area contributed by atoms with Crippen LogP contribution >= 0.6 is 0 Å². The van der Waals surface area contributed by atoms with Crippen LogP contribution in [-0.2, 0) is 0 Å². The molecule has 3 aromatic rings. The fraction of sp³-hybridized carbons (Fsp3) is 0.208. The third kappa shape index (κ3) is 4.12. The summed E-state index contributed by atoms with van der Waals surface area (Å²) in [7, 11) is 0. The maximum Gasteiger partial charge on any atom is 0.253 e. The number of amides is 1. The first-order valence-electron chi connectivity index (χ1n) is 10.1. The van der Waals surface area contributed by atoms with Crippen LogP contribution < -0.4 is 19.1 Å². The molecule has 0 radical (unpaired) electrons. The van der Waals surface area contributed by atoms with Crippen molar-refractivity contribution in [1.82, 2.24) is 4.90 Å². The van der Waals surface area contributed by atoms with Crippen molar-refractivity contribution in [3.63, 3.8) is 0 Å². The Bertz CT molecular complexity index is 1080. The molecule has 2 aliphatic heterocycles. The molecule has 0 bridgehead atoms. The molecule has 158 valence electrons. The van der Waals surface area contributed by atoms with Crippen molar-refractivity contribution < 1.29 is 23.4 Å². The minimum absolute atomic E-state index is 0.00612. The van der Waals surface area contributed by atoms with Gasteiger partial charge in [-0.25, -0.2) is 4.39 Å². The number of rotatable bonds is 4. The number of fused-ring (bicyclic) bond motifs is 1. The lowest BCUT2D eigenvalue weighted by atomic mass is 10.1. The van der Waals surface area contributed by atoms with Crippen LogP contribution in [0.3, 0.4) is 0 Å². The van der Waals surface area contributed by atoms with E-state index in [-0.39, 0.29) is 18.5 Å². The second kappa shape index (κ2) is 8.18. The van der Waals surface area contributed by atoms with Crippen molar-refractivity contribution in [3.8, 4) is 23.0 Å². The van der Waals surface area contributed by atoms with E-state index >= 15 is 0 Å². The third-order valence-corrected chi connectivity index (χ3v) is 5.44. The first kappa shape index (κ1) is 19.2. The summed E-state index contributed by atoms with van der Waals surface area (Å²) in [5, 5.41) is 0. The lowest BCUT2D eigenvalue weighted by Crippen LogP contribution is -2.48. The van der Waals surface area contributed by atoms with Gasteiger partial charge < -0.3 is 24.0 Å². The second-order valence-corrected chi connectivity index (χ2v) is 7.40. The van der Waals surface area contributed by atoms with Crippen LogP contribution in [0.2, 0.25) is 0 Å². The van der Waals surface area contributed by atoms with Crippen LogP contribution in [0.5, 0.6) is 23.0 Å². The molecule has 7 heteroatoms. The molecule has 6 nitrogen and oxygen atoms in total. The first-order chi connectivity index (χ1) is 15.2. The first-order valence-corrected chi connectivity index (χ1v) is 10.1. The second-order valence-electron chi connectivity index (χ2n) is 7.40. The summed E-state index contributed by atoms with van der Waals surface area (Å²) in [5.41, 5.74) is 1.59. The number of anilines is 1. The Morgan fingerprint density at radius 2 is 1.48 bits per heavy atom. The zero-order chi connectivity index (χ0) is 21.2. The molecule has 1 saturated heterocycles. The highest BCUT2D eigenvalue weighted by molar-refractivity contribution is 5.94. The van der Waals surface area contributed by atoms with Gasteiger partial charge in [-0.05, 0) is 60.7 Å². The largest absolute Gasteiger partial charge is 0.457 e. The van der Waals surface area contributed by atoms with Gasteiger partial charge in [0.05, 0.1) is 0 Å². The average molecular weight is 420 g/mol. The summed E-state index contributed by atoms with van der Waals surface area (Å²) < 4.78 is 29.6. The van der Waals surface area contributed by atoms with Gasteiger partial charge in [0.1, 0.15) is 17.3 Å². The van der Waals surface area contributed by atoms with Gasteiger partial charge >= 0.3 is 0 Å². The summed E-state index contributed by atoms with van der Waals surface area (Å²) in [6.45, 7) is 2.87. The number of hydrogen-bond donors (Lipinski definition) is 0. The molecule has 5 rings (SSSR count). The van der Waals surface area contributed by atoms with Crippen molar-refractivity contribution in [2.24, 2.45) is 0 Å². The van der Waals surface area contributed by atoms with Crippen LogP contribution in [0.1, 0.15) is 10.4 Å². The molecule has 2 aliphatic rings. The van der Waals surface area contributed by atoms with Gasteiger partial charge in [-0.2, -0.15) is 0 Å². The molecular formula is C24H21FN2O4. The van der Waals surface area contributed by atoms with E-state index in [0.29, 0.717) is 54.7 Å². The van der Waals surface area contributed by atoms with Gasteiger partial charge in [-0.3, -0.25) is 4.79 Å². The smallest absolute Gasteiger partial charge is 0.253 e. The van der Waals surface area contributed by atoms with Gasteiger partial charge in [0.15, 0.2) is 11.5 Å². The SMILES string of the molecule is O=C(c1ccc(Oc2ccc3c(c2)OCO3)cc1)N1CCN(c2ccc(F)cc2)CC1. The van der Waals surface area contributed by atoms with Crippen molar-refractivity contribution in [3.05, 3.63) is 78.1 Å². The Balaban J connectivity index is 1.19. The monoisotopic (exact) mass is 420 g/mol. The Hall–Kier alpha value is -3.74. The number of piperazine rings is 1. The van der Waals surface area contributed by atoms with Crippen LogP contribution in [0.4, 0.5) is 10.1 Å². The number of nitrogens with zero attached hydrogens (tertiary/aromatic N) is 2. The summed E-state index contributed by atoms with van der Waals surface area (Å²) >= 11 is 0. The number of halogens is 1. The number of benzene rings is 3. The molecule has 0 N–H and O–H groups in total. The molecule has 0 aliphatic carbocycles. The Labute approximate surface area is 179 Å². The van der Waals surface area contributed by atoms with Crippen molar-refractivity contribution in [2.45, 2.75) is 0 Å². The summed E-state index contributed by atoms with van der Waals surface area (Å²) in [5.74, 6) is 2.38. The molecule has 0 saturated carbocycles. The summed E-state index contributed by atoms with van der Waals surface area (Å²) in [6.07, 6.45) is 0. The average Bonchev–Trinajstić information content (AvgIpc) is 3.28. The van der Waals surface area contributed by atoms with Crippen LogP contribution in [-0.4, -0.2) is 43.8 Å². The number of ether oxygens (including phenoxy) is 3. The number of carbonyl (C=O) groups excluding carboxylic acids is 1. The lowest BCUT2D eigenvalue weighted by Gasteiger charge is -2.36. The van der Waals surface area contributed by atoms with Crippen molar-refractivity contribution in [2.75, 3.05) is 37.9 Å². The molecule has 1 amide bonds. The maximum atomic E-state index is 13.1. The molecular weight excluding hydrogens is 399 g/mol. The molecule has 0 aromatic heterocycles. The summed E-state index contributed by atoms with van der Waals surface area (Å²) in [4.78, 5) is 16.9. The lowest BCUT2D eigenvalue weighted by molar-refractivity contribution is 0.0747. The van der Waals surface area contributed by atoms with Gasteiger partial charge in [0.25, 0.3) is 5.91 Å². The molecule has 2 heterocycles. The van der Waals surface area contributed by atoms with Gasteiger partial charge in [0.2, 0.25) is 6.79 Å². The van der Waals surface area contributed by atoms with Crippen LogP contribution in [0, 0.1) is 5.82 Å². The molecule has 3 aromatic carbocycles. The molecule has 1 fully saturated rings. The van der Waals surface area contributed by atoms with Gasteiger partial charge in [-0.1, -0.05) is 0 Å². The predicted octanol–water partition coefficient (Wildman–Crippen LogP) is 4.31. The van der Waals surface area contributed by atoms with Gasteiger partial charge in [0, 0.05) is 43.5 Å². The zero-order valence-electron chi connectivity index (χ0n) is 16.8. The topological polar surface area (TPSA) is 51.2 Å². The Kier molecular flexibility index (Phi) is 5.08. The Morgan fingerprint density at radius 1 is 0.806 bits per heavy atom. The highest BCUT2D eigenvalue weighted by Gasteiger charge is 2.22. The standard InChI is InChI=1S/C24H21FN2O4/c25-18-3-5-19(6-4-18)26-11-13-27(14-12-26)24(28)17-1-7-20(8-2-17)31-21-9-10-22-23(15-21)30-16-29-22/h1-10,15H,11-14,16H2. The van der Waals surface area contributed by atoms with Crippen molar-refractivity contribution in [1.29, 1.82) is 0 Å². The minimum Gasteiger partial charge on any atom is -0.457 e. The predicted molar refractivity (Wildman–Crippen MR) is 114 cm³/mol. The maximum absolute atomic E-state index is 13.1. The zero-order valence-corrected chi connectivity index (χ0v) is 16.8. The third-order valence-electron chi connectivity index (χ3n) is 5.44. The van der Waals surface area contributed by atoms with E-state index in [4.69, 9.17) is 14.2 Å². The minimum atomic E-state index is -0.247. The van der Waals surface area contributed by atoms with E-state index < -0.39 is 0 Å². The quantitative estimate of drug-likeness (QED) is 0.630. The van der Waals surface area contributed by atoms with E-state index in [0.717, 1.165) is 5.69 Å². The van der Waals surface area contributed by atoms with Crippen LogP contribution in [0.15, 0.2) is 66.7 Å². The molecule has 0 atom stereocenters. The van der Waals surface area contributed by atoms with E-state index in [1.807, 2.05) is 11.0 Å². The van der Waals surface area contributed by atoms with E-state index in [2.05, 4.69) is 4.90 Å².